The second-order valence-corrected chi connectivity index (χ2v) is 8.40. The molecule has 7 nitrogen and oxygen atoms in total. The zero-order valence-electron chi connectivity index (χ0n) is 16.0. The molecule has 0 spiro atoms. The third-order valence-electron chi connectivity index (χ3n) is 4.26. The van der Waals surface area contributed by atoms with E-state index in [0.717, 1.165) is 17.1 Å². The van der Waals surface area contributed by atoms with E-state index >= 15 is 0 Å². The van der Waals surface area contributed by atoms with Crippen molar-refractivity contribution in [3.8, 4) is 5.69 Å². The van der Waals surface area contributed by atoms with Crippen molar-refractivity contribution in [3.63, 3.8) is 0 Å². The molecule has 4 aromatic rings. The summed E-state index contributed by atoms with van der Waals surface area (Å²) in [5.41, 5.74) is 4.04. The molecule has 0 saturated carbocycles. The second-order valence-electron chi connectivity index (χ2n) is 6.54. The maximum Gasteiger partial charge on any atom is 0.258 e. The number of rotatable bonds is 6. The van der Waals surface area contributed by atoms with Gasteiger partial charge in [0, 0.05) is 29.1 Å². The molecule has 0 saturated heterocycles. The molecule has 1 amide bonds. The number of thioether (sulfide) groups is 1. The van der Waals surface area contributed by atoms with Gasteiger partial charge < -0.3 is 5.32 Å². The molecular formula is C20H19N5O2S2. The first-order chi connectivity index (χ1) is 14.0. The fourth-order valence-electron chi connectivity index (χ4n) is 3.03. The number of anilines is 1. The van der Waals surface area contributed by atoms with Crippen LogP contribution in [-0.2, 0) is 10.5 Å². The van der Waals surface area contributed by atoms with Crippen LogP contribution in [0.3, 0.4) is 0 Å². The van der Waals surface area contributed by atoms with Gasteiger partial charge in [0.1, 0.15) is 0 Å². The van der Waals surface area contributed by atoms with E-state index in [0.29, 0.717) is 22.1 Å². The Morgan fingerprint density at radius 3 is 2.86 bits per heavy atom. The summed E-state index contributed by atoms with van der Waals surface area (Å²) in [5.74, 6) is 0.644. The van der Waals surface area contributed by atoms with Crippen LogP contribution in [0.15, 0.2) is 52.8 Å². The van der Waals surface area contributed by atoms with Crippen molar-refractivity contribution in [1.82, 2.24) is 19.2 Å². The molecule has 0 aliphatic carbocycles. The van der Waals surface area contributed by atoms with Gasteiger partial charge in [-0.25, -0.2) is 9.67 Å². The Morgan fingerprint density at radius 2 is 2.07 bits per heavy atom. The minimum atomic E-state index is -0.113. The van der Waals surface area contributed by atoms with Crippen LogP contribution in [0.5, 0.6) is 0 Å². The van der Waals surface area contributed by atoms with Crippen molar-refractivity contribution in [2.75, 3.05) is 11.1 Å². The van der Waals surface area contributed by atoms with E-state index in [9.17, 15) is 9.59 Å². The number of benzene rings is 1. The molecule has 0 atom stereocenters. The van der Waals surface area contributed by atoms with E-state index in [2.05, 4.69) is 15.4 Å². The number of carbonyl (C=O) groups is 1. The molecule has 0 unspecified atom stereocenters. The summed E-state index contributed by atoms with van der Waals surface area (Å²) < 4.78 is 3.34. The number of aromatic nitrogens is 4. The summed E-state index contributed by atoms with van der Waals surface area (Å²) in [5, 5.41) is 9.29. The van der Waals surface area contributed by atoms with Crippen LogP contribution in [0.2, 0.25) is 0 Å². The van der Waals surface area contributed by atoms with Gasteiger partial charge in [-0.15, -0.1) is 23.1 Å². The number of para-hydroxylation sites is 2. The highest BCUT2D eigenvalue weighted by Gasteiger charge is 2.12. The molecule has 1 aromatic carbocycles. The molecular weight excluding hydrogens is 406 g/mol. The summed E-state index contributed by atoms with van der Waals surface area (Å²) >= 11 is 2.84. The third kappa shape index (κ3) is 4.25. The van der Waals surface area contributed by atoms with E-state index in [1.807, 2.05) is 54.2 Å². The normalized spacial score (nSPS) is 11.1. The van der Waals surface area contributed by atoms with Crippen LogP contribution in [-0.4, -0.2) is 30.8 Å². The number of nitrogens with zero attached hydrogens (tertiary/aromatic N) is 4. The average Bonchev–Trinajstić information content (AvgIpc) is 3.28. The Kier molecular flexibility index (Phi) is 5.50. The van der Waals surface area contributed by atoms with Gasteiger partial charge in [-0.3, -0.25) is 14.0 Å². The lowest BCUT2D eigenvalue weighted by molar-refractivity contribution is -0.113. The van der Waals surface area contributed by atoms with Crippen molar-refractivity contribution in [2.45, 2.75) is 19.6 Å². The number of hydrogen-bond donors (Lipinski definition) is 1. The van der Waals surface area contributed by atoms with Gasteiger partial charge >= 0.3 is 0 Å². The Bertz CT molecular complexity index is 1240. The molecule has 9 heteroatoms. The molecule has 0 bridgehead atoms. The monoisotopic (exact) mass is 425 g/mol. The number of nitrogens with one attached hydrogen (secondary N) is 1. The fourth-order valence-corrected chi connectivity index (χ4v) is 4.49. The number of amides is 1. The van der Waals surface area contributed by atoms with Crippen LogP contribution in [0.25, 0.3) is 10.6 Å². The summed E-state index contributed by atoms with van der Waals surface area (Å²) in [6, 6.07) is 11.1. The first kappa shape index (κ1) is 19.4. The molecule has 3 aromatic heterocycles. The molecule has 1 N–H and O–H groups in total. The highest BCUT2D eigenvalue weighted by Crippen LogP contribution is 2.22. The van der Waals surface area contributed by atoms with Gasteiger partial charge in [0.05, 0.1) is 28.5 Å². The number of hydrogen-bond acceptors (Lipinski definition) is 6. The van der Waals surface area contributed by atoms with Gasteiger partial charge in [0.2, 0.25) is 5.91 Å². The highest BCUT2D eigenvalue weighted by atomic mass is 32.2. The van der Waals surface area contributed by atoms with E-state index in [4.69, 9.17) is 0 Å². The Morgan fingerprint density at radius 1 is 1.24 bits per heavy atom. The second kappa shape index (κ2) is 8.22. The predicted molar refractivity (Wildman–Crippen MR) is 117 cm³/mol. The standard InChI is InChI=1S/C20H19N5O2S2/c1-13-9-14(2)25(23-13)17-6-4-3-5-16(17)22-18(26)12-28-11-15-10-19(27)24-7-8-29-20(24)21-15/h3-10H,11-12H2,1-2H3,(H,22,26). The average molecular weight is 426 g/mol. The molecule has 0 radical (unpaired) electrons. The van der Waals surface area contributed by atoms with Crippen LogP contribution in [0.1, 0.15) is 17.1 Å². The quantitative estimate of drug-likeness (QED) is 0.512. The number of carbonyl (C=O) groups excluding carboxylic acids is 1. The largest absolute Gasteiger partial charge is 0.323 e. The highest BCUT2D eigenvalue weighted by molar-refractivity contribution is 7.99. The molecule has 4 rings (SSSR count). The first-order valence-corrected chi connectivity index (χ1v) is 11.0. The molecule has 29 heavy (non-hydrogen) atoms. The zero-order chi connectivity index (χ0) is 20.4. The topological polar surface area (TPSA) is 81.3 Å². The molecule has 3 heterocycles. The van der Waals surface area contributed by atoms with Crippen LogP contribution in [0, 0.1) is 13.8 Å². The Balaban J connectivity index is 1.41. The van der Waals surface area contributed by atoms with Crippen molar-refractivity contribution in [1.29, 1.82) is 0 Å². The summed E-state index contributed by atoms with van der Waals surface area (Å²) in [7, 11) is 0. The van der Waals surface area contributed by atoms with E-state index < -0.39 is 0 Å². The molecule has 148 valence electrons. The van der Waals surface area contributed by atoms with E-state index in [1.165, 1.54) is 33.6 Å². The smallest absolute Gasteiger partial charge is 0.258 e. The molecule has 0 aliphatic rings. The Labute approximate surface area is 175 Å². The van der Waals surface area contributed by atoms with E-state index in [1.54, 1.807) is 6.20 Å². The minimum absolute atomic E-state index is 0.102. The van der Waals surface area contributed by atoms with Crippen LogP contribution < -0.4 is 10.9 Å². The number of aryl methyl sites for hydroxylation is 2. The fraction of sp³-hybridized carbons (Fsp3) is 0.200. The lowest BCUT2D eigenvalue weighted by Crippen LogP contribution is -2.17. The van der Waals surface area contributed by atoms with Gasteiger partial charge in [-0.2, -0.15) is 5.10 Å². The van der Waals surface area contributed by atoms with E-state index in [-0.39, 0.29) is 17.2 Å². The summed E-state index contributed by atoms with van der Waals surface area (Å²) in [6.07, 6.45) is 1.71. The number of thiazole rings is 1. The maximum atomic E-state index is 12.5. The molecule has 0 fully saturated rings. The summed E-state index contributed by atoms with van der Waals surface area (Å²) in [4.78, 5) is 29.6. The minimum Gasteiger partial charge on any atom is -0.323 e. The van der Waals surface area contributed by atoms with Crippen molar-refractivity contribution in [3.05, 3.63) is 75.4 Å². The SMILES string of the molecule is Cc1cc(C)n(-c2ccccc2NC(=O)CSCc2cc(=O)n3ccsc3n2)n1. The van der Waals surface area contributed by atoms with Gasteiger partial charge in [0.25, 0.3) is 5.56 Å². The lowest BCUT2D eigenvalue weighted by atomic mass is 10.2. The van der Waals surface area contributed by atoms with Crippen LogP contribution in [0.4, 0.5) is 5.69 Å². The predicted octanol–water partition coefficient (Wildman–Crippen LogP) is 3.43. The van der Waals surface area contributed by atoms with Crippen molar-refractivity contribution in [2.24, 2.45) is 0 Å². The number of fused-ring (bicyclic) bond motifs is 1. The third-order valence-corrected chi connectivity index (χ3v) is 5.98. The van der Waals surface area contributed by atoms with Crippen molar-refractivity contribution >= 4 is 39.7 Å². The van der Waals surface area contributed by atoms with Crippen molar-refractivity contribution < 1.29 is 4.79 Å². The Hall–Kier alpha value is -2.91. The van der Waals surface area contributed by atoms with Crippen LogP contribution >= 0.6 is 23.1 Å². The first-order valence-electron chi connectivity index (χ1n) is 8.97. The van der Waals surface area contributed by atoms with Gasteiger partial charge in [-0.1, -0.05) is 12.1 Å². The van der Waals surface area contributed by atoms with Gasteiger partial charge in [-0.05, 0) is 32.0 Å². The molecule has 0 aliphatic heterocycles. The maximum absolute atomic E-state index is 12.5. The lowest BCUT2D eigenvalue weighted by Gasteiger charge is -2.12. The zero-order valence-corrected chi connectivity index (χ0v) is 17.6. The summed E-state index contributed by atoms with van der Waals surface area (Å²) in [6.45, 7) is 3.92. The van der Waals surface area contributed by atoms with Gasteiger partial charge in [0.15, 0.2) is 4.96 Å².